The molecule has 7 rings (SSSR count). The van der Waals surface area contributed by atoms with Crippen LogP contribution in [-0.4, -0.2) is 0 Å². The first-order valence-corrected chi connectivity index (χ1v) is 14.0. The zero-order valence-electron chi connectivity index (χ0n) is 23.0. The van der Waals surface area contributed by atoms with E-state index in [1.54, 1.807) is 0 Å². The summed E-state index contributed by atoms with van der Waals surface area (Å²) in [5, 5.41) is 7.45. The summed E-state index contributed by atoms with van der Waals surface area (Å²) in [6.45, 7) is 6.48. The van der Waals surface area contributed by atoms with Crippen LogP contribution in [0.3, 0.4) is 0 Å². The van der Waals surface area contributed by atoms with Crippen LogP contribution in [0.25, 0.3) is 32.3 Å². The highest BCUT2D eigenvalue weighted by Gasteiger charge is 2.21. The normalized spacial score (nSPS) is 11.5. The van der Waals surface area contributed by atoms with Crippen LogP contribution in [0.2, 0.25) is 0 Å². The van der Waals surface area contributed by atoms with Crippen LogP contribution in [0, 0.1) is 0 Å². The second kappa shape index (κ2) is 10.3. The largest absolute Gasteiger partial charge is 0.310 e. The van der Waals surface area contributed by atoms with Crippen LogP contribution in [0.15, 0.2) is 164 Å². The highest BCUT2D eigenvalue weighted by molar-refractivity contribution is 6.28. The summed E-state index contributed by atoms with van der Waals surface area (Å²) in [7, 11) is 0. The predicted molar refractivity (Wildman–Crippen MR) is 177 cm³/mol. The van der Waals surface area contributed by atoms with Crippen LogP contribution >= 0.6 is 0 Å². The minimum Gasteiger partial charge on any atom is -0.310 e. The highest BCUT2D eigenvalue weighted by atomic mass is 15.1. The monoisotopic (exact) mass is 526 g/mol. The SMILES string of the molecule is C=C(/C=C\C)N(c1ccccc1)c1ccc2ccc3c(N(c4ccccc4)c4ccccc4)ccc4ccc1c2c43. The van der Waals surface area contributed by atoms with E-state index in [2.05, 4.69) is 162 Å². The Bertz CT molecular complexity index is 1970. The van der Waals surface area contributed by atoms with Crippen molar-refractivity contribution in [2.24, 2.45) is 0 Å². The average Bonchev–Trinajstić information content (AvgIpc) is 3.03. The van der Waals surface area contributed by atoms with E-state index in [1.807, 2.05) is 13.0 Å². The van der Waals surface area contributed by atoms with E-state index >= 15 is 0 Å². The summed E-state index contributed by atoms with van der Waals surface area (Å²) in [4.78, 5) is 4.62. The van der Waals surface area contributed by atoms with E-state index in [4.69, 9.17) is 0 Å². The first kappa shape index (κ1) is 24.7. The van der Waals surface area contributed by atoms with E-state index in [0.29, 0.717) is 0 Å². The maximum absolute atomic E-state index is 4.44. The number of nitrogens with zero attached hydrogens (tertiary/aromatic N) is 2. The third-order valence-electron chi connectivity index (χ3n) is 7.79. The Kier molecular flexibility index (Phi) is 6.22. The van der Waals surface area contributed by atoms with Crippen molar-refractivity contribution in [2.75, 3.05) is 9.80 Å². The fraction of sp³-hybridized carbons (Fsp3) is 0.0256. The molecule has 7 aromatic carbocycles. The third kappa shape index (κ3) is 4.21. The van der Waals surface area contributed by atoms with Crippen LogP contribution in [-0.2, 0) is 0 Å². The van der Waals surface area contributed by atoms with Gasteiger partial charge in [-0.3, -0.25) is 0 Å². The van der Waals surface area contributed by atoms with Gasteiger partial charge >= 0.3 is 0 Å². The van der Waals surface area contributed by atoms with Crippen molar-refractivity contribution in [3.63, 3.8) is 0 Å². The second-order valence-electron chi connectivity index (χ2n) is 10.3. The van der Waals surface area contributed by atoms with Gasteiger partial charge < -0.3 is 9.80 Å². The van der Waals surface area contributed by atoms with Crippen molar-refractivity contribution in [1.82, 2.24) is 0 Å². The van der Waals surface area contributed by atoms with Crippen LogP contribution in [0.5, 0.6) is 0 Å². The number of anilines is 5. The highest BCUT2D eigenvalue weighted by Crippen LogP contribution is 2.46. The molecule has 0 aliphatic rings. The second-order valence-corrected chi connectivity index (χ2v) is 10.3. The van der Waals surface area contributed by atoms with Crippen molar-refractivity contribution in [3.05, 3.63) is 164 Å². The molecule has 0 amide bonds. The predicted octanol–water partition coefficient (Wildman–Crippen LogP) is 11.3. The molecule has 196 valence electrons. The van der Waals surface area contributed by atoms with Gasteiger partial charge in [0.1, 0.15) is 0 Å². The Hall–Kier alpha value is -5.34. The van der Waals surface area contributed by atoms with E-state index in [9.17, 15) is 0 Å². The Morgan fingerprint density at radius 3 is 1.46 bits per heavy atom. The number of hydrogen-bond donors (Lipinski definition) is 0. The molecule has 0 atom stereocenters. The first-order chi connectivity index (χ1) is 20.2. The maximum atomic E-state index is 4.44. The van der Waals surface area contributed by atoms with Gasteiger partial charge in [0.25, 0.3) is 0 Å². The number of hydrogen-bond acceptors (Lipinski definition) is 2. The lowest BCUT2D eigenvalue weighted by Crippen LogP contribution is -2.14. The van der Waals surface area contributed by atoms with Crippen molar-refractivity contribution in [2.45, 2.75) is 6.92 Å². The molecule has 0 heterocycles. The van der Waals surface area contributed by atoms with Gasteiger partial charge in [0.2, 0.25) is 0 Å². The van der Waals surface area contributed by atoms with E-state index in [1.165, 1.54) is 32.3 Å². The first-order valence-electron chi connectivity index (χ1n) is 14.0. The van der Waals surface area contributed by atoms with Gasteiger partial charge in [-0.25, -0.2) is 0 Å². The lowest BCUT2D eigenvalue weighted by atomic mass is 9.91. The number of para-hydroxylation sites is 3. The standard InChI is InChI=1S/C39H30N2/c1-3-13-28(2)40(31-14-7-4-8-15-31)36-26-22-29-21-25-35-37(27-23-30-20-24-34(36)38(29)39(30)35)41(32-16-9-5-10-17-32)33-18-11-6-12-19-33/h3-27H,2H2,1H3/b13-3-. The Morgan fingerprint density at radius 1 is 0.512 bits per heavy atom. The maximum Gasteiger partial charge on any atom is 0.0540 e. The molecular formula is C39H30N2. The summed E-state index contributed by atoms with van der Waals surface area (Å²) >= 11 is 0. The number of allylic oxidation sites excluding steroid dienone is 2. The molecule has 41 heavy (non-hydrogen) atoms. The fourth-order valence-corrected chi connectivity index (χ4v) is 6.05. The fourth-order valence-electron chi connectivity index (χ4n) is 6.05. The van der Waals surface area contributed by atoms with Crippen LogP contribution in [0.1, 0.15) is 6.92 Å². The van der Waals surface area contributed by atoms with Gasteiger partial charge in [-0.2, -0.15) is 0 Å². The molecule has 0 saturated heterocycles. The average molecular weight is 527 g/mol. The lowest BCUT2D eigenvalue weighted by molar-refractivity contribution is 1.23. The molecule has 0 aliphatic carbocycles. The van der Waals surface area contributed by atoms with Gasteiger partial charge in [0.05, 0.1) is 11.4 Å². The molecule has 0 spiro atoms. The topological polar surface area (TPSA) is 6.48 Å². The van der Waals surface area contributed by atoms with Crippen molar-refractivity contribution in [1.29, 1.82) is 0 Å². The lowest BCUT2D eigenvalue weighted by Gasteiger charge is -2.29. The summed E-state index contributed by atoms with van der Waals surface area (Å²) < 4.78 is 0. The Morgan fingerprint density at radius 2 is 0.951 bits per heavy atom. The molecule has 0 radical (unpaired) electrons. The molecule has 0 saturated carbocycles. The molecule has 2 nitrogen and oxygen atoms in total. The van der Waals surface area contributed by atoms with Gasteiger partial charge in [-0.15, -0.1) is 0 Å². The van der Waals surface area contributed by atoms with Gasteiger partial charge in [0, 0.05) is 33.5 Å². The number of rotatable bonds is 7. The summed E-state index contributed by atoms with van der Waals surface area (Å²) in [6, 6.07) is 49.8. The van der Waals surface area contributed by atoms with Gasteiger partial charge in [-0.1, -0.05) is 104 Å². The molecule has 0 aliphatic heterocycles. The summed E-state index contributed by atoms with van der Waals surface area (Å²) in [6.07, 6.45) is 4.11. The van der Waals surface area contributed by atoms with Crippen LogP contribution in [0.4, 0.5) is 28.4 Å². The summed E-state index contributed by atoms with van der Waals surface area (Å²) in [5.41, 5.74) is 6.56. The molecule has 0 N–H and O–H groups in total. The van der Waals surface area contributed by atoms with E-state index in [0.717, 1.165) is 34.1 Å². The van der Waals surface area contributed by atoms with Gasteiger partial charge in [0.15, 0.2) is 0 Å². The zero-order valence-corrected chi connectivity index (χ0v) is 23.0. The molecule has 0 unspecified atom stereocenters. The van der Waals surface area contributed by atoms with Crippen molar-refractivity contribution >= 4 is 60.8 Å². The molecule has 0 aromatic heterocycles. The van der Waals surface area contributed by atoms with Crippen LogP contribution < -0.4 is 9.80 Å². The zero-order chi connectivity index (χ0) is 27.8. The third-order valence-corrected chi connectivity index (χ3v) is 7.79. The molecule has 0 bridgehead atoms. The Balaban J connectivity index is 1.52. The quantitative estimate of drug-likeness (QED) is 0.150. The van der Waals surface area contributed by atoms with Crippen molar-refractivity contribution in [3.8, 4) is 0 Å². The Labute approximate surface area is 241 Å². The minimum absolute atomic E-state index is 0.925. The molecular weight excluding hydrogens is 496 g/mol. The van der Waals surface area contributed by atoms with E-state index in [-0.39, 0.29) is 0 Å². The molecule has 2 heteroatoms. The smallest absolute Gasteiger partial charge is 0.0540 e. The summed E-state index contributed by atoms with van der Waals surface area (Å²) in [5.74, 6) is 0. The van der Waals surface area contributed by atoms with Gasteiger partial charge in [-0.05, 0) is 83.1 Å². The molecule has 0 fully saturated rings. The number of benzene rings is 7. The molecule has 7 aromatic rings. The van der Waals surface area contributed by atoms with Crippen molar-refractivity contribution < 1.29 is 0 Å². The minimum atomic E-state index is 0.925. The van der Waals surface area contributed by atoms with E-state index < -0.39 is 0 Å².